The van der Waals surface area contributed by atoms with Crippen LogP contribution in [0, 0.1) is 0 Å². The molecule has 1 N–H and O–H groups in total. The molecule has 0 bridgehead atoms. The number of hydrazone groups is 1. The van der Waals surface area contributed by atoms with Gasteiger partial charge in [0.2, 0.25) is 0 Å². The number of hydrogen-bond donors (Lipinski definition) is 1. The number of carbonyl (C=O) groups is 1. The smallest absolute Gasteiger partial charge is 0.277 e. The Kier molecular flexibility index (Phi) is 7.42. The van der Waals surface area contributed by atoms with Crippen LogP contribution in [-0.2, 0) is 9.53 Å². The summed E-state index contributed by atoms with van der Waals surface area (Å²) in [6, 6.07) is 17.2. The van der Waals surface area contributed by atoms with Crippen molar-refractivity contribution < 1.29 is 14.3 Å². The van der Waals surface area contributed by atoms with Crippen molar-refractivity contribution in [1.29, 1.82) is 0 Å². The van der Waals surface area contributed by atoms with Crippen LogP contribution < -0.4 is 10.2 Å². The van der Waals surface area contributed by atoms with Gasteiger partial charge < -0.3 is 9.47 Å². The number of carbonyl (C=O) groups excluding carboxylic acids is 1. The molecular weight excluding hydrogens is 378 g/mol. The fourth-order valence-electron chi connectivity index (χ4n) is 3.14. The second kappa shape index (κ2) is 10.2. The van der Waals surface area contributed by atoms with Crippen LogP contribution >= 0.6 is 11.6 Å². The lowest BCUT2D eigenvalue weighted by Gasteiger charge is -2.34. The lowest BCUT2D eigenvalue weighted by atomic mass is 10.0. The first-order valence-corrected chi connectivity index (χ1v) is 9.60. The molecule has 3 rings (SSSR count). The zero-order chi connectivity index (χ0) is 19.8. The van der Waals surface area contributed by atoms with E-state index in [4.69, 9.17) is 21.1 Å². The van der Waals surface area contributed by atoms with Crippen molar-refractivity contribution in [3.05, 3.63) is 65.2 Å². The molecule has 148 valence electrons. The molecule has 2 aromatic carbocycles. The van der Waals surface area contributed by atoms with Gasteiger partial charge in [-0.25, -0.2) is 5.43 Å². The largest absolute Gasteiger partial charge is 0.482 e. The normalized spacial score (nSPS) is 16.4. The van der Waals surface area contributed by atoms with Crippen LogP contribution in [0.5, 0.6) is 5.75 Å². The van der Waals surface area contributed by atoms with Gasteiger partial charge in [-0.15, -0.1) is 0 Å². The number of ether oxygens (including phenoxy) is 2. The minimum Gasteiger partial charge on any atom is -0.482 e. The van der Waals surface area contributed by atoms with E-state index in [-0.39, 0.29) is 18.6 Å². The van der Waals surface area contributed by atoms with Gasteiger partial charge in [0, 0.05) is 13.1 Å². The summed E-state index contributed by atoms with van der Waals surface area (Å²) in [6.45, 7) is 4.77. The number of morpholine rings is 1. The topological polar surface area (TPSA) is 63.2 Å². The zero-order valence-corrected chi connectivity index (χ0v) is 16.6. The molecular formula is C21H24ClN3O3. The fraction of sp³-hybridized carbons (Fsp3) is 0.333. The standard InChI is InChI=1S/C21H24ClN3O3/c1-16(23-24-20(26)15-28-19-10-6-5-9-18(19)22)21(17-7-3-2-4-8-17)25-11-13-27-14-12-25/h2-10,21H,11-15H2,1H3,(H,24,26)/b23-16-/t21-/m0/s1. The molecule has 0 radical (unpaired) electrons. The van der Waals surface area contributed by atoms with Crippen LogP contribution in [0.4, 0.5) is 0 Å². The van der Waals surface area contributed by atoms with E-state index in [1.54, 1.807) is 24.3 Å². The van der Waals surface area contributed by atoms with E-state index in [1.165, 1.54) is 0 Å². The first-order valence-electron chi connectivity index (χ1n) is 9.22. The highest BCUT2D eigenvalue weighted by Crippen LogP contribution is 2.24. The molecule has 0 aliphatic carbocycles. The average molecular weight is 402 g/mol. The van der Waals surface area contributed by atoms with Crippen molar-refractivity contribution in [3.8, 4) is 5.75 Å². The van der Waals surface area contributed by atoms with Crippen LogP contribution in [0.2, 0.25) is 5.02 Å². The number of benzene rings is 2. The lowest BCUT2D eigenvalue weighted by molar-refractivity contribution is -0.123. The van der Waals surface area contributed by atoms with Crippen molar-refractivity contribution in [3.63, 3.8) is 0 Å². The maximum atomic E-state index is 12.1. The zero-order valence-electron chi connectivity index (χ0n) is 15.8. The molecule has 1 aliphatic rings. The van der Waals surface area contributed by atoms with E-state index in [0.717, 1.165) is 24.4 Å². The van der Waals surface area contributed by atoms with Crippen LogP contribution in [0.3, 0.4) is 0 Å². The highest BCUT2D eigenvalue weighted by atomic mass is 35.5. The van der Waals surface area contributed by atoms with Crippen molar-refractivity contribution in [2.24, 2.45) is 5.10 Å². The van der Waals surface area contributed by atoms with Gasteiger partial charge in [-0.05, 0) is 24.6 Å². The molecule has 0 unspecified atom stereocenters. The quantitative estimate of drug-likeness (QED) is 0.571. The van der Waals surface area contributed by atoms with E-state index >= 15 is 0 Å². The van der Waals surface area contributed by atoms with Crippen LogP contribution in [-0.4, -0.2) is 49.4 Å². The Labute approximate surface area is 170 Å². The predicted octanol–water partition coefficient (Wildman–Crippen LogP) is 3.28. The third-order valence-electron chi connectivity index (χ3n) is 4.47. The molecule has 0 aromatic heterocycles. The molecule has 0 spiro atoms. The Balaban J connectivity index is 1.64. The summed E-state index contributed by atoms with van der Waals surface area (Å²) < 4.78 is 10.9. The van der Waals surface area contributed by atoms with Gasteiger partial charge in [0.1, 0.15) is 5.75 Å². The Morgan fingerprint density at radius 2 is 1.86 bits per heavy atom. The van der Waals surface area contributed by atoms with Crippen LogP contribution in [0.25, 0.3) is 0 Å². The van der Waals surface area contributed by atoms with Crippen LogP contribution in [0.15, 0.2) is 59.7 Å². The predicted molar refractivity (Wildman–Crippen MR) is 110 cm³/mol. The van der Waals surface area contributed by atoms with Crippen molar-refractivity contribution >= 4 is 23.2 Å². The molecule has 28 heavy (non-hydrogen) atoms. The summed E-state index contributed by atoms with van der Waals surface area (Å²) in [5.74, 6) is 0.128. The van der Waals surface area contributed by atoms with Crippen LogP contribution in [0.1, 0.15) is 18.5 Å². The molecule has 7 heteroatoms. The monoisotopic (exact) mass is 401 g/mol. The average Bonchev–Trinajstić information content (AvgIpc) is 2.73. The first kappa shape index (κ1) is 20.3. The Bertz CT molecular complexity index is 808. The van der Waals surface area contributed by atoms with E-state index in [0.29, 0.717) is 24.0 Å². The lowest BCUT2D eigenvalue weighted by Crippen LogP contribution is -2.42. The minimum absolute atomic E-state index is 0.0186. The minimum atomic E-state index is -0.340. The molecule has 1 atom stereocenters. The number of hydrogen-bond acceptors (Lipinski definition) is 5. The fourth-order valence-corrected chi connectivity index (χ4v) is 3.33. The maximum absolute atomic E-state index is 12.1. The van der Waals surface area contributed by atoms with Crippen molar-refractivity contribution in [2.75, 3.05) is 32.9 Å². The van der Waals surface area contributed by atoms with Gasteiger partial charge in [-0.3, -0.25) is 9.69 Å². The summed E-state index contributed by atoms with van der Waals surface area (Å²) in [5, 5.41) is 4.80. The summed E-state index contributed by atoms with van der Waals surface area (Å²) in [4.78, 5) is 14.5. The van der Waals surface area contributed by atoms with Gasteiger partial charge in [-0.2, -0.15) is 5.10 Å². The second-order valence-electron chi connectivity index (χ2n) is 6.47. The van der Waals surface area contributed by atoms with E-state index in [9.17, 15) is 4.79 Å². The maximum Gasteiger partial charge on any atom is 0.277 e. The number of amides is 1. The SMILES string of the molecule is C/C(=N/NC(=O)COc1ccccc1Cl)[C@@H](c1ccccc1)N1CCOCC1. The molecule has 2 aromatic rings. The molecule has 6 nitrogen and oxygen atoms in total. The van der Waals surface area contributed by atoms with Gasteiger partial charge in [-0.1, -0.05) is 54.1 Å². The Morgan fingerprint density at radius 3 is 2.57 bits per heavy atom. The summed E-state index contributed by atoms with van der Waals surface area (Å²) in [7, 11) is 0. The molecule has 1 heterocycles. The highest BCUT2D eigenvalue weighted by molar-refractivity contribution is 6.32. The summed E-state index contributed by atoms with van der Waals surface area (Å²) in [6.07, 6.45) is 0. The Morgan fingerprint density at radius 1 is 1.18 bits per heavy atom. The van der Waals surface area contributed by atoms with Crippen molar-refractivity contribution in [1.82, 2.24) is 10.3 Å². The number of nitrogens with one attached hydrogen (secondary N) is 1. The number of para-hydroxylation sites is 1. The number of halogens is 1. The van der Waals surface area contributed by atoms with Crippen molar-refractivity contribution in [2.45, 2.75) is 13.0 Å². The van der Waals surface area contributed by atoms with Gasteiger partial charge in [0.25, 0.3) is 5.91 Å². The molecule has 0 saturated carbocycles. The van der Waals surface area contributed by atoms with Gasteiger partial charge in [0.05, 0.1) is 30.0 Å². The molecule has 1 aliphatic heterocycles. The molecule has 1 amide bonds. The third kappa shape index (κ3) is 5.55. The summed E-state index contributed by atoms with van der Waals surface area (Å²) in [5.41, 5.74) is 4.52. The molecule has 1 saturated heterocycles. The van der Waals surface area contributed by atoms with Gasteiger partial charge in [0.15, 0.2) is 6.61 Å². The second-order valence-corrected chi connectivity index (χ2v) is 6.88. The Hall–Kier alpha value is -2.41. The molecule has 1 fully saturated rings. The highest BCUT2D eigenvalue weighted by Gasteiger charge is 2.25. The summed E-state index contributed by atoms with van der Waals surface area (Å²) >= 11 is 6.03. The van der Waals surface area contributed by atoms with E-state index in [2.05, 4.69) is 27.6 Å². The first-order chi connectivity index (χ1) is 13.6. The van der Waals surface area contributed by atoms with Gasteiger partial charge >= 0.3 is 0 Å². The number of nitrogens with zero attached hydrogens (tertiary/aromatic N) is 2. The third-order valence-corrected chi connectivity index (χ3v) is 4.79. The number of rotatable bonds is 7. The van der Waals surface area contributed by atoms with E-state index in [1.807, 2.05) is 25.1 Å². The van der Waals surface area contributed by atoms with E-state index < -0.39 is 0 Å².